The van der Waals surface area contributed by atoms with Gasteiger partial charge >= 0.3 is 0 Å². The van der Waals surface area contributed by atoms with Gasteiger partial charge in [0.2, 0.25) is 0 Å². The highest BCUT2D eigenvalue weighted by molar-refractivity contribution is 7.14. The van der Waals surface area contributed by atoms with Gasteiger partial charge in [-0.1, -0.05) is 48.6 Å². The van der Waals surface area contributed by atoms with E-state index < -0.39 is 0 Å². The Balaban J connectivity index is 1.90. The van der Waals surface area contributed by atoms with E-state index in [4.69, 9.17) is 4.42 Å². The van der Waals surface area contributed by atoms with E-state index in [1.807, 2.05) is 30.3 Å². The molecule has 0 spiro atoms. The second-order valence-corrected chi connectivity index (χ2v) is 5.73. The van der Waals surface area contributed by atoms with Gasteiger partial charge in [0.05, 0.1) is 12.3 Å². The predicted molar refractivity (Wildman–Crippen MR) is 84.2 cm³/mol. The maximum absolute atomic E-state index is 5.39. The highest BCUT2D eigenvalue weighted by Crippen LogP contribution is 2.30. The van der Waals surface area contributed by atoms with Gasteiger partial charge in [-0.05, 0) is 30.7 Å². The van der Waals surface area contributed by atoms with Gasteiger partial charge in [0.25, 0.3) is 0 Å². The molecule has 21 heavy (non-hydrogen) atoms. The SMILES string of the molecule is CCCNC(c1ccccc1)c1nnc(-c2ccco2)s1. The van der Waals surface area contributed by atoms with Crippen molar-refractivity contribution >= 4 is 11.3 Å². The third-order valence-electron chi connectivity index (χ3n) is 3.15. The van der Waals surface area contributed by atoms with Crippen LogP contribution in [0.1, 0.15) is 30.0 Å². The normalized spacial score (nSPS) is 12.4. The van der Waals surface area contributed by atoms with Gasteiger partial charge in [0, 0.05) is 0 Å². The first-order valence-electron chi connectivity index (χ1n) is 7.04. The van der Waals surface area contributed by atoms with E-state index in [1.54, 1.807) is 17.6 Å². The maximum Gasteiger partial charge on any atom is 0.183 e. The number of hydrogen-bond donors (Lipinski definition) is 1. The summed E-state index contributed by atoms with van der Waals surface area (Å²) in [5, 5.41) is 13.9. The fourth-order valence-electron chi connectivity index (χ4n) is 2.13. The molecule has 0 amide bonds. The standard InChI is InChI=1S/C16H17N3OS/c1-2-10-17-14(12-7-4-3-5-8-12)16-19-18-15(21-16)13-9-6-11-20-13/h3-9,11,14,17H,2,10H2,1H3. The van der Waals surface area contributed by atoms with Crippen LogP contribution in [0, 0.1) is 0 Å². The molecular weight excluding hydrogens is 282 g/mol. The van der Waals surface area contributed by atoms with E-state index in [2.05, 4.69) is 34.6 Å². The lowest BCUT2D eigenvalue weighted by atomic mass is 10.1. The minimum absolute atomic E-state index is 0.0763. The third-order valence-corrected chi connectivity index (χ3v) is 4.15. The van der Waals surface area contributed by atoms with Crippen LogP contribution in [0.25, 0.3) is 10.8 Å². The Morgan fingerprint density at radius 2 is 2.00 bits per heavy atom. The molecule has 108 valence electrons. The Morgan fingerprint density at radius 3 is 2.71 bits per heavy atom. The topological polar surface area (TPSA) is 51.0 Å². The summed E-state index contributed by atoms with van der Waals surface area (Å²) < 4.78 is 5.39. The monoisotopic (exact) mass is 299 g/mol. The zero-order valence-electron chi connectivity index (χ0n) is 11.8. The quantitative estimate of drug-likeness (QED) is 0.750. The Hall–Kier alpha value is -1.98. The zero-order chi connectivity index (χ0) is 14.5. The average Bonchev–Trinajstić information content (AvgIpc) is 3.20. The van der Waals surface area contributed by atoms with Gasteiger partial charge < -0.3 is 9.73 Å². The fraction of sp³-hybridized carbons (Fsp3) is 0.250. The maximum atomic E-state index is 5.39. The minimum atomic E-state index is 0.0763. The number of hydrogen-bond acceptors (Lipinski definition) is 5. The first-order valence-corrected chi connectivity index (χ1v) is 7.85. The summed E-state index contributed by atoms with van der Waals surface area (Å²) in [5.41, 5.74) is 1.20. The summed E-state index contributed by atoms with van der Waals surface area (Å²) in [4.78, 5) is 0. The van der Waals surface area contributed by atoms with Crippen molar-refractivity contribution in [2.75, 3.05) is 6.54 Å². The Labute approximate surface area is 127 Å². The van der Waals surface area contributed by atoms with Crippen LogP contribution in [-0.2, 0) is 0 Å². The number of nitrogens with one attached hydrogen (secondary N) is 1. The van der Waals surface area contributed by atoms with Crippen molar-refractivity contribution < 1.29 is 4.42 Å². The van der Waals surface area contributed by atoms with E-state index in [1.165, 1.54) is 5.56 Å². The molecular formula is C16H17N3OS. The Bertz CT molecular complexity index is 664. The minimum Gasteiger partial charge on any atom is -0.462 e. The van der Waals surface area contributed by atoms with Gasteiger partial charge in [-0.3, -0.25) is 0 Å². The van der Waals surface area contributed by atoms with E-state index in [0.29, 0.717) is 0 Å². The average molecular weight is 299 g/mol. The molecule has 0 bridgehead atoms. The van der Waals surface area contributed by atoms with Crippen LogP contribution in [0.4, 0.5) is 0 Å². The van der Waals surface area contributed by atoms with Crippen molar-refractivity contribution in [3.05, 3.63) is 59.3 Å². The largest absolute Gasteiger partial charge is 0.462 e. The van der Waals surface area contributed by atoms with E-state index in [0.717, 1.165) is 28.7 Å². The smallest absolute Gasteiger partial charge is 0.183 e. The van der Waals surface area contributed by atoms with E-state index in [9.17, 15) is 0 Å². The molecule has 0 aliphatic rings. The zero-order valence-corrected chi connectivity index (χ0v) is 12.6. The van der Waals surface area contributed by atoms with Gasteiger partial charge in [-0.2, -0.15) is 0 Å². The molecule has 2 aromatic heterocycles. The molecule has 5 heteroatoms. The molecule has 2 heterocycles. The molecule has 0 saturated carbocycles. The van der Waals surface area contributed by atoms with Gasteiger partial charge in [0.1, 0.15) is 5.01 Å². The molecule has 1 unspecified atom stereocenters. The van der Waals surface area contributed by atoms with E-state index in [-0.39, 0.29) is 6.04 Å². The van der Waals surface area contributed by atoms with Crippen LogP contribution in [-0.4, -0.2) is 16.7 Å². The van der Waals surface area contributed by atoms with Crippen LogP contribution in [0.2, 0.25) is 0 Å². The lowest BCUT2D eigenvalue weighted by Gasteiger charge is -2.15. The van der Waals surface area contributed by atoms with Gasteiger partial charge in [-0.25, -0.2) is 0 Å². The van der Waals surface area contributed by atoms with Crippen LogP contribution in [0.3, 0.4) is 0 Å². The Morgan fingerprint density at radius 1 is 1.14 bits per heavy atom. The van der Waals surface area contributed by atoms with Crippen LogP contribution < -0.4 is 5.32 Å². The van der Waals surface area contributed by atoms with Crippen LogP contribution in [0.15, 0.2) is 53.1 Å². The summed E-state index contributed by atoms with van der Waals surface area (Å²) in [6.07, 6.45) is 2.73. The van der Waals surface area contributed by atoms with Crippen molar-refractivity contribution in [1.82, 2.24) is 15.5 Å². The Kier molecular flexibility index (Phi) is 4.43. The summed E-state index contributed by atoms with van der Waals surface area (Å²) in [7, 11) is 0. The molecule has 0 fully saturated rings. The van der Waals surface area contributed by atoms with Crippen molar-refractivity contribution in [2.24, 2.45) is 0 Å². The summed E-state index contributed by atoms with van der Waals surface area (Å²) in [6, 6.07) is 14.2. The predicted octanol–water partition coefficient (Wildman–Crippen LogP) is 3.89. The second-order valence-electron chi connectivity index (χ2n) is 4.72. The van der Waals surface area contributed by atoms with Gasteiger partial charge in [0.15, 0.2) is 10.8 Å². The fourth-order valence-corrected chi connectivity index (χ4v) is 3.05. The molecule has 3 aromatic rings. The highest BCUT2D eigenvalue weighted by atomic mass is 32.1. The number of furan rings is 1. The summed E-state index contributed by atoms with van der Waals surface area (Å²) >= 11 is 1.57. The number of benzene rings is 1. The summed E-state index contributed by atoms with van der Waals surface area (Å²) in [6.45, 7) is 3.10. The molecule has 0 aliphatic carbocycles. The van der Waals surface area contributed by atoms with Crippen molar-refractivity contribution in [1.29, 1.82) is 0 Å². The molecule has 1 atom stereocenters. The summed E-state index contributed by atoms with van der Waals surface area (Å²) in [5.74, 6) is 0.765. The molecule has 0 aliphatic heterocycles. The van der Waals surface area contributed by atoms with Crippen molar-refractivity contribution in [3.8, 4) is 10.8 Å². The highest BCUT2D eigenvalue weighted by Gasteiger charge is 2.19. The van der Waals surface area contributed by atoms with Crippen LogP contribution >= 0.6 is 11.3 Å². The van der Waals surface area contributed by atoms with E-state index >= 15 is 0 Å². The molecule has 4 nitrogen and oxygen atoms in total. The van der Waals surface area contributed by atoms with Crippen molar-refractivity contribution in [2.45, 2.75) is 19.4 Å². The first kappa shape index (κ1) is 14.0. The number of aromatic nitrogens is 2. The molecule has 0 saturated heterocycles. The lowest BCUT2D eigenvalue weighted by molar-refractivity contribution is 0.580. The molecule has 3 rings (SSSR count). The number of nitrogens with zero attached hydrogens (tertiary/aromatic N) is 2. The number of rotatable bonds is 6. The second kappa shape index (κ2) is 6.65. The molecule has 1 N–H and O–H groups in total. The third kappa shape index (κ3) is 3.20. The molecule has 1 aromatic carbocycles. The first-order chi connectivity index (χ1) is 10.4. The van der Waals surface area contributed by atoms with Crippen molar-refractivity contribution in [3.63, 3.8) is 0 Å². The van der Waals surface area contributed by atoms with Gasteiger partial charge in [-0.15, -0.1) is 10.2 Å². The lowest BCUT2D eigenvalue weighted by Crippen LogP contribution is -2.23. The molecule has 0 radical (unpaired) electrons. The van der Waals surface area contributed by atoms with Crippen LogP contribution in [0.5, 0.6) is 0 Å².